The van der Waals surface area contributed by atoms with Crippen molar-refractivity contribution in [3.63, 3.8) is 0 Å². The van der Waals surface area contributed by atoms with E-state index in [0.29, 0.717) is 24.0 Å². The molecule has 0 atom stereocenters. The zero-order valence-corrected chi connectivity index (χ0v) is 13.0. The molecule has 0 heterocycles. The topological polar surface area (TPSA) is 83.8 Å². The largest absolute Gasteiger partial charge is 0.480 e. The second-order valence-electron chi connectivity index (χ2n) is 5.30. The molecule has 1 aliphatic carbocycles. The van der Waals surface area contributed by atoms with E-state index in [-0.39, 0.29) is 6.61 Å². The van der Waals surface area contributed by atoms with Gasteiger partial charge >= 0.3 is 11.9 Å². The highest BCUT2D eigenvalue weighted by Crippen LogP contribution is 2.49. The molecule has 1 aromatic carbocycles. The fraction of sp³-hybridized carbons (Fsp3) is 0.412. The van der Waals surface area contributed by atoms with Crippen molar-refractivity contribution < 1.29 is 24.5 Å². The van der Waals surface area contributed by atoms with Gasteiger partial charge in [-0.05, 0) is 40.7 Å². The quantitative estimate of drug-likeness (QED) is 0.789. The summed E-state index contributed by atoms with van der Waals surface area (Å²) < 4.78 is 5.13. The Morgan fingerprint density at radius 2 is 1.77 bits per heavy atom. The Bertz CT molecular complexity index is 643. The highest BCUT2D eigenvalue weighted by Gasteiger charge is 2.57. The minimum atomic E-state index is -2.05. The van der Waals surface area contributed by atoms with Gasteiger partial charge in [-0.2, -0.15) is 0 Å². The Morgan fingerprint density at radius 1 is 1.14 bits per heavy atom. The summed E-state index contributed by atoms with van der Waals surface area (Å²) in [6.07, 6.45) is 1.27. The van der Waals surface area contributed by atoms with E-state index in [1.807, 2.05) is 19.9 Å². The van der Waals surface area contributed by atoms with E-state index in [4.69, 9.17) is 4.74 Å². The summed E-state index contributed by atoms with van der Waals surface area (Å²) in [5, 5.41) is 19.6. The number of carboxylic acid groups (broad SMARTS) is 2. The maximum Gasteiger partial charge on any atom is 0.330 e. The SMILES string of the molecule is CCC1=C(COC)C(C(=O)O)(C(=O)O)c2cccc(CC)c21. The number of hydrogen-bond acceptors (Lipinski definition) is 3. The first-order chi connectivity index (χ1) is 10.5. The number of methoxy groups -OCH3 is 1. The van der Waals surface area contributed by atoms with E-state index < -0.39 is 17.4 Å². The molecule has 22 heavy (non-hydrogen) atoms. The van der Waals surface area contributed by atoms with Crippen molar-refractivity contribution in [1.82, 2.24) is 0 Å². The predicted octanol–water partition coefficient (Wildman–Crippen LogP) is 2.48. The fourth-order valence-corrected chi connectivity index (χ4v) is 3.41. The summed E-state index contributed by atoms with van der Waals surface area (Å²) in [6, 6.07) is 5.25. The lowest BCUT2D eigenvalue weighted by Crippen LogP contribution is -2.45. The molecule has 0 spiro atoms. The molecule has 0 unspecified atom stereocenters. The first-order valence-corrected chi connectivity index (χ1v) is 7.27. The van der Waals surface area contributed by atoms with Crippen LogP contribution in [0.25, 0.3) is 5.57 Å². The van der Waals surface area contributed by atoms with Gasteiger partial charge in [-0.15, -0.1) is 0 Å². The molecule has 2 N–H and O–H groups in total. The average molecular weight is 304 g/mol. The number of carbonyl (C=O) groups is 2. The summed E-state index contributed by atoms with van der Waals surface area (Å²) in [6.45, 7) is 3.86. The van der Waals surface area contributed by atoms with Crippen molar-refractivity contribution in [3.8, 4) is 0 Å². The molecule has 0 radical (unpaired) electrons. The van der Waals surface area contributed by atoms with Crippen molar-refractivity contribution >= 4 is 17.5 Å². The first kappa shape index (κ1) is 16.2. The van der Waals surface area contributed by atoms with Gasteiger partial charge < -0.3 is 14.9 Å². The highest BCUT2D eigenvalue weighted by atomic mass is 16.5. The Balaban J connectivity index is 2.93. The van der Waals surface area contributed by atoms with Gasteiger partial charge in [0.25, 0.3) is 0 Å². The van der Waals surface area contributed by atoms with Crippen molar-refractivity contribution in [2.75, 3.05) is 13.7 Å². The van der Waals surface area contributed by atoms with Gasteiger partial charge in [-0.25, -0.2) is 0 Å². The zero-order valence-electron chi connectivity index (χ0n) is 13.0. The molecule has 0 amide bonds. The maximum absolute atomic E-state index is 12.0. The van der Waals surface area contributed by atoms with Gasteiger partial charge in [-0.1, -0.05) is 32.0 Å². The van der Waals surface area contributed by atoms with E-state index in [1.165, 1.54) is 7.11 Å². The Labute approximate surface area is 129 Å². The number of benzene rings is 1. The van der Waals surface area contributed by atoms with Crippen LogP contribution in [0.4, 0.5) is 0 Å². The van der Waals surface area contributed by atoms with E-state index in [9.17, 15) is 19.8 Å². The molecule has 0 fully saturated rings. The normalized spacial score (nSPS) is 15.8. The van der Waals surface area contributed by atoms with E-state index >= 15 is 0 Å². The zero-order chi connectivity index (χ0) is 16.5. The molecule has 5 nitrogen and oxygen atoms in total. The van der Waals surface area contributed by atoms with Crippen LogP contribution in [-0.4, -0.2) is 35.9 Å². The van der Waals surface area contributed by atoms with E-state index in [0.717, 1.165) is 16.7 Å². The minimum Gasteiger partial charge on any atom is -0.480 e. The number of allylic oxidation sites excluding steroid dienone is 1. The van der Waals surface area contributed by atoms with Crippen molar-refractivity contribution in [1.29, 1.82) is 0 Å². The Kier molecular flexibility index (Phi) is 4.37. The number of aryl methyl sites for hydroxylation is 1. The van der Waals surface area contributed by atoms with Gasteiger partial charge in [0.2, 0.25) is 5.41 Å². The van der Waals surface area contributed by atoms with Crippen LogP contribution in [0.15, 0.2) is 23.8 Å². The number of hydrogen-bond donors (Lipinski definition) is 2. The van der Waals surface area contributed by atoms with Crippen LogP contribution in [0.1, 0.15) is 37.0 Å². The molecule has 0 saturated heterocycles. The number of fused-ring (bicyclic) bond motifs is 1. The maximum atomic E-state index is 12.0. The predicted molar refractivity (Wildman–Crippen MR) is 81.9 cm³/mol. The molecular formula is C17H20O5. The number of ether oxygens (including phenoxy) is 1. The third kappa shape index (κ3) is 1.96. The average Bonchev–Trinajstić information content (AvgIpc) is 2.77. The second-order valence-corrected chi connectivity index (χ2v) is 5.30. The monoisotopic (exact) mass is 304 g/mol. The molecule has 0 aliphatic heterocycles. The Morgan fingerprint density at radius 3 is 2.23 bits per heavy atom. The van der Waals surface area contributed by atoms with Crippen LogP contribution < -0.4 is 0 Å². The first-order valence-electron chi connectivity index (χ1n) is 7.27. The van der Waals surface area contributed by atoms with E-state index in [2.05, 4.69) is 0 Å². The van der Waals surface area contributed by atoms with Gasteiger partial charge in [0.05, 0.1) is 6.61 Å². The molecule has 0 saturated carbocycles. The summed E-state index contributed by atoms with van der Waals surface area (Å²) in [5.74, 6) is -2.74. The van der Waals surface area contributed by atoms with Crippen LogP contribution in [0.2, 0.25) is 0 Å². The molecule has 0 bridgehead atoms. The smallest absolute Gasteiger partial charge is 0.330 e. The van der Waals surface area contributed by atoms with Gasteiger partial charge in [0.15, 0.2) is 0 Å². The van der Waals surface area contributed by atoms with Crippen LogP contribution >= 0.6 is 0 Å². The summed E-state index contributed by atoms with van der Waals surface area (Å²) in [4.78, 5) is 24.0. The molecule has 2 rings (SSSR count). The van der Waals surface area contributed by atoms with Gasteiger partial charge in [0.1, 0.15) is 0 Å². The van der Waals surface area contributed by atoms with Crippen LogP contribution in [0.3, 0.4) is 0 Å². The molecular weight excluding hydrogens is 284 g/mol. The van der Waals surface area contributed by atoms with Crippen molar-refractivity contribution in [2.45, 2.75) is 32.1 Å². The molecule has 0 aromatic heterocycles. The molecule has 1 aliphatic rings. The summed E-state index contributed by atoms with van der Waals surface area (Å²) >= 11 is 0. The third-order valence-corrected chi connectivity index (χ3v) is 4.34. The van der Waals surface area contributed by atoms with Crippen LogP contribution in [-0.2, 0) is 26.2 Å². The number of carboxylic acids is 2. The Hall–Kier alpha value is -2.14. The minimum absolute atomic E-state index is 0.0143. The lowest BCUT2D eigenvalue weighted by atomic mass is 9.77. The van der Waals surface area contributed by atoms with E-state index in [1.54, 1.807) is 12.1 Å². The lowest BCUT2D eigenvalue weighted by molar-refractivity contribution is -0.155. The molecule has 5 heteroatoms. The van der Waals surface area contributed by atoms with Crippen LogP contribution in [0.5, 0.6) is 0 Å². The van der Waals surface area contributed by atoms with Gasteiger partial charge in [0, 0.05) is 7.11 Å². The summed E-state index contributed by atoms with van der Waals surface area (Å²) in [5.41, 5.74) is 1.13. The van der Waals surface area contributed by atoms with Crippen molar-refractivity contribution in [3.05, 3.63) is 40.5 Å². The lowest BCUT2D eigenvalue weighted by Gasteiger charge is -2.24. The highest BCUT2D eigenvalue weighted by molar-refractivity contribution is 6.14. The van der Waals surface area contributed by atoms with Crippen molar-refractivity contribution in [2.24, 2.45) is 0 Å². The van der Waals surface area contributed by atoms with Gasteiger partial charge in [-0.3, -0.25) is 9.59 Å². The number of rotatable bonds is 6. The number of aliphatic carboxylic acids is 2. The molecule has 118 valence electrons. The van der Waals surface area contributed by atoms with Crippen LogP contribution in [0, 0.1) is 0 Å². The summed E-state index contributed by atoms with van der Waals surface area (Å²) in [7, 11) is 1.44. The standard InChI is InChI=1S/C17H20O5/c1-4-10-7-6-8-12-14(10)11(5-2)13(9-22-3)17(12,15(18)19)16(20)21/h6-8H,4-5,9H2,1-3H3,(H,18,19)(H,20,21). The second kappa shape index (κ2) is 5.93. The molecule has 1 aromatic rings. The fourth-order valence-electron chi connectivity index (χ4n) is 3.41. The third-order valence-electron chi connectivity index (χ3n) is 4.34.